The largest absolute Gasteiger partial charge is 0.313 e. The van der Waals surface area contributed by atoms with Crippen LogP contribution < -0.4 is 5.32 Å². The third-order valence-electron chi connectivity index (χ3n) is 3.49. The summed E-state index contributed by atoms with van der Waals surface area (Å²) < 4.78 is 1.06. The second-order valence-corrected chi connectivity index (χ2v) is 6.24. The Labute approximate surface area is 118 Å². The number of rotatable bonds is 5. The SMILES string of the molecule is CC(C)N(Cc1cncc(Br)c1)CC1CCCN1. The molecule has 1 aliphatic heterocycles. The summed E-state index contributed by atoms with van der Waals surface area (Å²) in [6.45, 7) is 7.81. The number of pyridine rings is 1. The van der Waals surface area contributed by atoms with E-state index >= 15 is 0 Å². The van der Waals surface area contributed by atoms with E-state index in [4.69, 9.17) is 0 Å². The highest BCUT2D eigenvalue weighted by atomic mass is 79.9. The maximum atomic E-state index is 4.24. The van der Waals surface area contributed by atoms with Gasteiger partial charge in [0, 0.05) is 42.0 Å². The van der Waals surface area contributed by atoms with Crippen molar-refractivity contribution in [3.8, 4) is 0 Å². The van der Waals surface area contributed by atoms with Gasteiger partial charge in [-0.3, -0.25) is 9.88 Å². The molecule has 1 fully saturated rings. The van der Waals surface area contributed by atoms with Crippen molar-refractivity contribution in [2.24, 2.45) is 0 Å². The molecule has 2 heterocycles. The predicted octanol–water partition coefficient (Wildman–Crippen LogP) is 2.81. The third-order valence-corrected chi connectivity index (χ3v) is 3.93. The van der Waals surface area contributed by atoms with E-state index in [1.165, 1.54) is 24.9 Å². The van der Waals surface area contributed by atoms with Gasteiger partial charge in [0.1, 0.15) is 0 Å². The van der Waals surface area contributed by atoms with E-state index in [2.05, 4.69) is 51.0 Å². The normalized spacial score (nSPS) is 19.9. The summed E-state index contributed by atoms with van der Waals surface area (Å²) in [7, 11) is 0. The minimum atomic E-state index is 0.561. The van der Waals surface area contributed by atoms with E-state index in [9.17, 15) is 0 Å². The van der Waals surface area contributed by atoms with Crippen molar-refractivity contribution < 1.29 is 0 Å². The average Bonchev–Trinajstić information content (AvgIpc) is 2.81. The second-order valence-electron chi connectivity index (χ2n) is 5.33. The Kier molecular flexibility index (Phi) is 5.15. The van der Waals surface area contributed by atoms with Crippen LogP contribution in [0.4, 0.5) is 0 Å². The predicted molar refractivity (Wildman–Crippen MR) is 78.5 cm³/mol. The molecule has 0 saturated carbocycles. The molecular weight excluding hydrogens is 290 g/mol. The molecule has 2 rings (SSSR count). The highest BCUT2D eigenvalue weighted by Gasteiger charge is 2.19. The summed E-state index contributed by atoms with van der Waals surface area (Å²) in [5.41, 5.74) is 1.27. The molecule has 18 heavy (non-hydrogen) atoms. The summed E-state index contributed by atoms with van der Waals surface area (Å²) in [5, 5.41) is 3.57. The molecule has 1 N–H and O–H groups in total. The van der Waals surface area contributed by atoms with Crippen molar-refractivity contribution in [3.63, 3.8) is 0 Å². The van der Waals surface area contributed by atoms with Crippen molar-refractivity contribution in [2.75, 3.05) is 13.1 Å². The van der Waals surface area contributed by atoms with Gasteiger partial charge in [-0.2, -0.15) is 0 Å². The fraction of sp³-hybridized carbons (Fsp3) is 0.643. The maximum absolute atomic E-state index is 4.24. The molecule has 3 nitrogen and oxygen atoms in total. The van der Waals surface area contributed by atoms with E-state index in [0.717, 1.165) is 17.6 Å². The van der Waals surface area contributed by atoms with Crippen molar-refractivity contribution >= 4 is 15.9 Å². The van der Waals surface area contributed by atoms with Gasteiger partial charge < -0.3 is 5.32 Å². The lowest BCUT2D eigenvalue weighted by atomic mass is 10.1. The van der Waals surface area contributed by atoms with Crippen LogP contribution >= 0.6 is 15.9 Å². The first-order valence-corrected chi connectivity index (χ1v) is 7.51. The van der Waals surface area contributed by atoms with Crippen LogP contribution in [0, 0.1) is 0 Å². The minimum Gasteiger partial charge on any atom is -0.313 e. The molecule has 100 valence electrons. The molecule has 1 aromatic rings. The molecule has 1 aliphatic rings. The molecule has 4 heteroatoms. The van der Waals surface area contributed by atoms with Gasteiger partial charge in [-0.05, 0) is 60.8 Å². The van der Waals surface area contributed by atoms with Crippen LogP contribution in [-0.4, -0.2) is 35.1 Å². The number of hydrogen-bond acceptors (Lipinski definition) is 3. The number of nitrogens with one attached hydrogen (secondary N) is 1. The molecule has 1 unspecified atom stereocenters. The van der Waals surface area contributed by atoms with Crippen LogP contribution in [0.2, 0.25) is 0 Å². The molecule has 0 bridgehead atoms. The Morgan fingerprint density at radius 1 is 1.50 bits per heavy atom. The fourth-order valence-corrected chi connectivity index (χ4v) is 2.84. The Morgan fingerprint density at radius 2 is 2.33 bits per heavy atom. The minimum absolute atomic E-state index is 0.561. The molecule has 0 aliphatic carbocycles. The Hall–Kier alpha value is -0.450. The van der Waals surface area contributed by atoms with Gasteiger partial charge in [-0.25, -0.2) is 0 Å². The number of nitrogens with zero attached hydrogens (tertiary/aromatic N) is 2. The van der Waals surface area contributed by atoms with Crippen LogP contribution in [0.25, 0.3) is 0 Å². The standard InChI is InChI=1S/C14H22BrN3/c1-11(2)18(10-14-4-3-5-17-14)9-12-6-13(15)8-16-7-12/h6-8,11,14,17H,3-5,9-10H2,1-2H3. The van der Waals surface area contributed by atoms with Crippen LogP contribution in [0.1, 0.15) is 32.3 Å². The molecule has 1 saturated heterocycles. The van der Waals surface area contributed by atoms with Gasteiger partial charge >= 0.3 is 0 Å². The summed E-state index contributed by atoms with van der Waals surface area (Å²) >= 11 is 3.48. The highest BCUT2D eigenvalue weighted by molar-refractivity contribution is 9.10. The van der Waals surface area contributed by atoms with Crippen molar-refractivity contribution in [2.45, 2.75) is 45.3 Å². The van der Waals surface area contributed by atoms with Gasteiger partial charge in [0.05, 0.1) is 0 Å². The van der Waals surface area contributed by atoms with Gasteiger partial charge in [0.25, 0.3) is 0 Å². The summed E-state index contributed by atoms with van der Waals surface area (Å²) in [4.78, 5) is 6.76. The monoisotopic (exact) mass is 311 g/mol. The van der Waals surface area contributed by atoms with Crippen molar-refractivity contribution in [1.82, 2.24) is 15.2 Å². The molecule has 1 atom stereocenters. The lowest BCUT2D eigenvalue weighted by molar-refractivity contribution is 0.194. The first-order valence-electron chi connectivity index (χ1n) is 6.72. The van der Waals surface area contributed by atoms with E-state index in [-0.39, 0.29) is 0 Å². The zero-order valence-electron chi connectivity index (χ0n) is 11.2. The van der Waals surface area contributed by atoms with Crippen LogP contribution in [-0.2, 0) is 6.54 Å². The van der Waals surface area contributed by atoms with Gasteiger partial charge in [-0.15, -0.1) is 0 Å². The summed E-state index contributed by atoms with van der Waals surface area (Å²) in [6, 6.07) is 3.38. The number of aromatic nitrogens is 1. The van der Waals surface area contributed by atoms with Gasteiger partial charge in [-0.1, -0.05) is 0 Å². The quantitative estimate of drug-likeness (QED) is 0.906. The molecule has 1 aromatic heterocycles. The van der Waals surface area contributed by atoms with E-state index < -0.39 is 0 Å². The summed E-state index contributed by atoms with van der Waals surface area (Å²) in [5.74, 6) is 0. The highest BCUT2D eigenvalue weighted by Crippen LogP contribution is 2.15. The summed E-state index contributed by atoms with van der Waals surface area (Å²) in [6.07, 6.45) is 6.42. The second kappa shape index (κ2) is 6.64. The van der Waals surface area contributed by atoms with E-state index in [1.54, 1.807) is 0 Å². The van der Waals surface area contributed by atoms with Crippen LogP contribution in [0.5, 0.6) is 0 Å². The Morgan fingerprint density at radius 3 is 2.94 bits per heavy atom. The zero-order valence-corrected chi connectivity index (χ0v) is 12.8. The third kappa shape index (κ3) is 4.04. The first kappa shape index (κ1) is 14.0. The number of hydrogen-bond donors (Lipinski definition) is 1. The van der Waals surface area contributed by atoms with Crippen molar-refractivity contribution in [3.05, 3.63) is 28.5 Å². The smallest absolute Gasteiger partial charge is 0.0410 e. The lowest BCUT2D eigenvalue weighted by Gasteiger charge is -2.29. The first-order chi connectivity index (χ1) is 8.65. The van der Waals surface area contributed by atoms with Crippen LogP contribution in [0.15, 0.2) is 22.9 Å². The average molecular weight is 312 g/mol. The van der Waals surface area contributed by atoms with Crippen molar-refractivity contribution in [1.29, 1.82) is 0 Å². The molecule has 0 amide bonds. The lowest BCUT2D eigenvalue weighted by Crippen LogP contribution is -2.40. The number of halogens is 1. The van der Waals surface area contributed by atoms with Crippen LogP contribution in [0.3, 0.4) is 0 Å². The van der Waals surface area contributed by atoms with Gasteiger partial charge in [0.2, 0.25) is 0 Å². The van der Waals surface area contributed by atoms with E-state index in [0.29, 0.717) is 12.1 Å². The zero-order chi connectivity index (χ0) is 13.0. The topological polar surface area (TPSA) is 28.2 Å². The Balaban J connectivity index is 1.97. The molecule has 0 radical (unpaired) electrons. The fourth-order valence-electron chi connectivity index (χ4n) is 2.43. The van der Waals surface area contributed by atoms with E-state index in [1.807, 2.05) is 12.4 Å². The molecule has 0 aromatic carbocycles. The molecular formula is C14H22BrN3. The van der Waals surface area contributed by atoms with Gasteiger partial charge in [0.15, 0.2) is 0 Å². The maximum Gasteiger partial charge on any atom is 0.0410 e. The molecule has 0 spiro atoms. The Bertz CT molecular complexity index is 375.